The second-order valence-corrected chi connectivity index (χ2v) is 5.38. The smallest absolute Gasteiger partial charge is 0.315 e. The fourth-order valence-electron chi connectivity index (χ4n) is 2.48. The van der Waals surface area contributed by atoms with Crippen molar-refractivity contribution in [3.8, 4) is 0 Å². The number of urea groups is 1. The summed E-state index contributed by atoms with van der Waals surface area (Å²) in [6.45, 7) is 2.01. The summed E-state index contributed by atoms with van der Waals surface area (Å²) in [5.74, 6) is 0. The van der Waals surface area contributed by atoms with Crippen molar-refractivity contribution in [2.45, 2.75) is 19.5 Å². The number of imidazole rings is 1. The summed E-state index contributed by atoms with van der Waals surface area (Å²) in [5.41, 5.74) is 3.22. The quantitative estimate of drug-likeness (QED) is 0.688. The Labute approximate surface area is 135 Å². The van der Waals surface area contributed by atoms with Crippen LogP contribution in [0.2, 0.25) is 0 Å². The number of aromatic nitrogens is 2. The van der Waals surface area contributed by atoms with Gasteiger partial charge in [0.15, 0.2) is 0 Å². The maximum atomic E-state index is 11.7. The van der Waals surface area contributed by atoms with Crippen molar-refractivity contribution in [1.82, 2.24) is 20.2 Å². The van der Waals surface area contributed by atoms with Crippen molar-refractivity contribution < 1.29 is 4.79 Å². The molecule has 1 heterocycles. The fourth-order valence-corrected chi connectivity index (χ4v) is 2.48. The lowest BCUT2D eigenvalue weighted by atomic mass is 10.2. The molecule has 5 nitrogen and oxygen atoms in total. The number of hydrogen-bond acceptors (Lipinski definition) is 2. The fraction of sp³-hybridized carbons (Fsp3) is 0.222. The van der Waals surface area contributed by atoms with E-state index < -0.39 is 0 Å². The number of fused-ring (bicyclic) bond motifs is 1. The van der Waals surface area contributed by atoms with E-state index in [0.29, 0.717) is 13.1 Å². The third-order valence-electron chi connectivity index (χ3n) is 3.68. The lowest BCUT2D eigenvalue weighted by Crippen LogP contribution is -2.35. The van der Waals surface area contributed by atoms with E-state index in [1.807, 2.05) is 54.9 Å². The van der Waals surface area contributed by atoms with E-state index in [2.05, 4.69) is 26.3 Å². The molecule has 0 bridgehead atoms. The predicted molar refractivity (Wildman–Crippen MR) is 91.0 cm³/mol. The van der Waals surface area contributed by atoms with Gasteiger partial charge in [-0.1, -0.05) is 42.5 Å². The first-order chi connectivity index (χ1) is 11.3. The Hall–Kier alpha value is -2.82. The Kier molecular flexibility index (Phi) is 4.88. The van der Waals surface area contributed by atoms with Crippen LogP contribution in [0.5, 0.6) is 0 Å². The molecule has 0 aliphatic rings. The van der Waals surface area contributed by atoms with Crippen LogP contribution >= 0.6 is 0 Å². The monoisotopic (exact) mass is 308 g/mol. The highest BCUT2D eigenvalue weighted by Crippen LogP contribution is 2.11. The number of amides is 2. The van der Waals surface area contributed by atoms with Crippen molar-refractivity contribution in [2.24, 2.45) is 0 Å². The van der Waals surface area contributed by atoms with Crippen LogP contribution in [0.4, 0.5) is 4.79 Å². The number of rotatable bonds is 6. The van der Waals surface area contributed by atoms with Crippen LogP contribution in [-0.2, 0) is 13.1 Å². The first-order valence-electron chi connectivity index (χ1n) is 7.78. The second kappa shape index (κ2) is 7.45. The molecule has 0 radical (unpaired) electrons. The Balaban J connectivity index is 1.39. The molecule has 2 N–H and O–H groups in total. The van der Waals surface area contributed by atoms with Gasteiger partial charge < -0.3 is 15.2 Å². The Morgan fingerprint density at radius 1 is 1.00 bits per heavy atom. The molecule has 3 rings (SSSR count). The number of benzene rings is 2. The van der Waals surface area contributed by atoms with Gasteiger partial charge in [-0.15, -0.1) is 0 Å². The third-order valence-corrected chi connectivity index (χ3v) is 3.68. The van der Waals surface area contributed by atoms with Gasteiger partial charge in [-0.3, -0.25) is 0 Å². The molecule has 2 amide bonds. The molecule has 0 saturated carbocycles. The van der Waals surface area contributed by atoms with Crippen LogP contribution < -0.4 is 10.6 Å². The van der Waals surface area contributed by atoms with Crippen molar-refractivity contribution in [1.29, 1.82) is 0 Å². The second-order valence-electron chi connectivity index (χ2n) is 5.38. The topological polar surface area (TPSA) is 59.0 Å². The van der Waals surface area contributed by atoms with Gasteiger partial charge >= 0.3 is 6.03 Å². The van der Waals surface area contributed by atoms with E-state index in [0.717, 1.165) is 29.6 Å². The predicted octanol–water partition coefficient (Wildman–Crippen LogP) is 2.93. The minimum atomic E-state index is -0.135. The SMILES string of the molecule is O=C(NCCCn1cnc2ccccc21)NCc1ccccc1. The molecule has 0 atom stereocenters. The zero-order valence-electron chi connectivity index (χ0n) is 12.9. The summed E-state index contributed by atoms with van der Waals surface area (Å²) in [7, 11) is 0. The number of carbonyl (C=O) groups is 1. The molecule has 118 valence electrons. The van der Waals surface area contributed by atoms with E-state index in [4.69, 9.17) is 0 Å². The molecule has 0 unspecified atom stereocenters. The first-order valence-corrected chi connectivity index (χ1v) is 7.78. The molecule has 2 aromatic carbocycles. The van der Waals surface area contributed by atoms with E-state index in [1.165, 1.54) is 0 Å². The Morgan fingerprint density at radius 3 is 2.65 bits per heavy atom. The summed E-state index contributed by atoms with van der Waals surface area (Å²) in [5, 5.41) is 5.73. The summed E-state index contributed by atoms with van der Waals surface area (Å²) in [6, 6.07) is 17.8. The average molecular weight is 308 g/mol. The molecular weight excluding hydrogens is 288 g/mol. The summed E-state index contributed by atoms with van der Waals surface area (Å²) in [4.78, 5) is 16.1. The minimum absolute atomic E-state index is 0.135. The zero-order valence-corrected chi connectivity index (χ0v) is 12.9. The van der Waals surface area contributed by atoms with Crippen LogP contribution in [-0.4, -0.2) is 22.1 Å². The molecule has 23 heavy (non-hydrogen) atoms. The van der Waals surface area contributed by atoms with Crippen LogP contribution in [0, 0.1) is 0 Å². The average Bonchev–Trinajstić information content (AvgIpc) is 3.01. The van der Waals surface area contributed by atoms with Crippen molar-refractivity contribution in [3.05, 3.63) is 66.5 Å². The number of hydrogen-bond donors (Lipinski definition) is 2. The molecule has 0 saturated heterocycles. The van der Waals surface area contributed by atoms with E-state index >= 15 is 0 Å². The summed E-state index contributed by atoms with van der Waals surface area (Å²) < 4.78 is 2.11. The van der Waals surface area contributed by atoms with Gasteiger partial charge in [0.1, 0.15) is 0 Å². The standard InChI is InChI=1S/C18H20N4O/c23-18(20-13-15-7-2-1-3-8-15)19-11-6-12-22-14-21-16-9-4-5-10-17(16)22/h1-5,7-10,14H,6,11-13H2,(H2,19,20,23). The van der Waals surface area contributed by atoms with Crippen LogP contribution in [0.3, 0.4) is 0 Å². The molecule has 0 aliphatic carbocycles. The number of nitrogens with zero attached hydrogens (tertiary/aromatic N) is 2. The summed E-state index contributed by atoms with van der Waals surface area (Å²) >= 11 is 0. The number of aryl methyl sites for hydroxylation is 1. The molecule has 0 fully saturated rings. The molecule has 1 aromatic heterocycles. The minimum Gasteiger partial charge on any atom is -0.338 e. The lowest BCUT2D eigenvalue weighted by Gasteiger charge is -2.08. The lowest BCUT2D eigenvalue weighted by molar-refractivity contribution is 0.240. The van der Waals surface area contributed by atoms with E-state index in [9.17, 15) is 4.79 Å². The van der Waals surface area contributed by atoms with Gasteiger partial charge in [0.05, 0.1) is 17.4 Å². The van der Waals surface area contributed by atoms with Gasteiger partial charge in [-0.2, -0.15) is 0 Å². The highest BCUT2D eigenvalue weighted by atomic mass is 16.2. The van der Waals surface area contributed by atoms with E-state index in [1.54, 1.807) is 0 Å². The summed E-state index contributed by atoms with van der Waals surface area (Å²) in [6.07, 6.45) is 2.71. The molecule has 5 heteroatoms. The number of para-hydroxylation sites is 2. The van der Waals surface area contributed by atoms with Gasteiger partial charge in [0.25, 0.3) is 0 Å². The first kappa shape index (κ1) is 15.1. The van der Waals surface area contributed by atoms with E-state index in [-0.39, 0.29) is 6.03 Å². The number of carbonyl (C=O) groups excluding carboxylic acids is 1. The largest absolute Gasteiger partial charge is 0.338 e. The molecule has 0 spiro atoms. The highest BCUT2D eigenvalue weighted by molar-refractivity contribution is 5.75. The highest BCUT2D eigenvalue weighted by Gasteiger charge is 2.02. The van der Waals surface area contributed by atoms with Gasteiger partial charge in [-0.25, -0.2) is 9.78 Å². The van der Waals surface area contributed by atoms with Crippen LogP contribution in [0.1, 0.15) is 12.0 Å². The maximum absolute atomic E-state index is 11.7. The van der Waals surface area contributed by atoms with Crippen molar-refractivity contribution in [3.63, 3.8) is 0 Å². The molecule has 3 aromatic rings. The van der Waals surface area contributed by atoms with Crippen molar-refractivity contribution >= 4 is 17.1 Å². The van der Waals surface area contributed by atoms with Gasteiger partial charge in [-0.05, 0) is 24.1 Å². The Bertz CT molecular complexity index is 767. The Morgan fingerprint density at radius 2 is 1.78 bits per heavy atom. The van der Waals surface area contributed by atoms with Crippen LogP contribution in [0.25, 0.3) is 11.0 Å². The molecule has 0 aliphatic heterocycles. The van der Waals surface area contributed by atoms with Crippen LogP contribution in [0.15, 0.2) is 60.9 Å². The van der Waals surface area contributed by atoms with Crippen molar-refractivity contribution in [2.75, 3.05) is 6.54 Å². The third kappa shape index (κ3) is 4.10. The normalized spacial score (nSPS) is 10.6. The number of nitrogens with one attached hydrogen (secondary N) is 2. The van der Waals surface area contributed by atoms with Gasteiger partial charge in [0.2, 0.25) is 0 Å². The zero-order chi connectivity index (χ0) is 15.9. The molecular formula is C18H20N4O. The van der Waals surface area contributed by atoms with Gasteiger partial charge in [0, 0.05) is 19.6 Å². The maximum Gasteiger partial charge on any atom is 0.315 e.